The average Bonchev–Trinajstić information content (AvgIpc) is 2.53. The summed E-state index contributed by atoms with van der Waals surface area (Å²) in [4.78, 5) is 9.37. The highest BCUT2D eigenvalue weighted by molar-refractivity contribution is 7.99. The van der Waals surface area contributed by atoms with Gasteiger partial charge in [0.2, 0.25) is 0 Å². The smallest absolute Gasteiger partial charge is 0.138 e. The lowest BCUT2D eigenvalue weighted by Crippen LogP contribution is -2.23. The van der Waals surface area contributed by atoms with Crippen molar-refractivity contribution in [2.24, 2.45) is 11.7 Å². The first-order valence-corrected chi connectivity index (χ1v) is 9.05. The van der Waals surface area contributed by atoms with E-state index in [0.29, 0.717) is 5.92 Å². The zero-order valence-electron chi connectivity index (χ0n) is 12.2. The van der Waals surface area contributed by atoms with Gasteiger partial charge in [0.1, 0.15) is 5.82 Å². The largest absolute Gasteiger partial charge is 0.330 e. The highest BCUT2D eigenvalue weighted by Gasteiger charge is 2.20. The molecule has 4 heteroatoms. The Bertz CT molecular complexity index is 443. The molecule has 0 spiro atoms. The van der Waals surface area contributed by atoms with Crippen molar-refractivity contribution in [2.75, 3.05) is 6.54 Å². The molecule has 1 heterocycles. The van der Waals surface area contributed by atoms with Crippen LogP contribution in [0.2, 0.25) is 0 Å². The number of nitrogens with zero attached hydrogens (tertiary/aromatic N) is 2. The zero-order chi connectivity index (χ0) is 13.8. The van der Waals surface area contributed by atoms with Gasteiger partial charge < -0.3 is 5.73 Å². The lowest BCUT2D eigenvalue weighted by molar-refractivity contribution is 0.460. The molecule has 0 radical (unpaired) electrons. The molecule has 0 saturated heterocycles. The fourth-order valence-electron chi connectivity index (χ4n) is 3.32. The quantitative estimate of drug-likeness (QED) is 0.926. The van der Waals surface area contributed by atoms with Crippen molar-refractivity contribution in [1.29, 1.82) is 0 Å². The van der Waals surface area contributed by atoms with Crippen LogP contribution in [0.5, 0.6) is 0 Å². The van der Waals surface area contributed by atoms with Gasteiger partial charge in [0.25, 0.3) is 0 Å². The lowest BCUT2D eigenvalue weighted by atomic mass is 9.87. The summed E-state index contributed by atoms with van der Waals surface area (Å²) in [6, 6.07) is 0. The molecule has 1 aromatic heterocycles. The Morgan fingerprint density at radius 1 is 1.20 bits per heavy atom. The monoisotopic (exact) mass is 291 g/mol. The van der Waals surface area contributed by atoms with Crippen LogP contribution in [0.4, 0.5) is 0 Å². The molecule has 1 atom stereocenters. The minimum Gasteiger partial charge on any atom is -0.330 e. The van der Waals surface area contributed by atoms with Crippen molar-refractivity contribution in [3.8, 4) is 0 Å². The molecule has 2 aliphatic rings. The Hall–Kier alpha value is -0.610. The van der Waals surface area contributed by atoms with E-state index in [-0.39, 0.29) is 0 Å². The minimum absolute atomic E-state index is 0.633. The standard InChI is InChI=1S/C16H25N3S/c17-9-12-6-7-15-13(8-12)10-18-16(19-15)11-20-14-4-2-1-3-5-14/h10,12,14H,1-9,11,17H2. The van der Waals surface area contributed by atoms with E-state index in [2.05, 4.69) is 22.9 Å². The van der Waals surface area contributed by atoms with Gasteiger partial charge in [0.15, 0.2) is 0 Å². The fraction of sp³-hybridized carbons (Fsp3) is 0.750. The minimum atomic E-state index is 0.633. The first-order valence-electron chi connectivity index (χ1n) is 8.00. The van der Waals surface area contributed by atoms with Gasteiger partial charge in [-0.25, -0.2) is 9.97 Å². The van der Waals surface area contributed by atoms with Gasteiger partial charge in [-0.05, 0) is 50.1 Å². The summed E-state index contributed by atoms with van der Waals surface area (Å²) in [6.07, 6.45) is 12.4. The van der Waals surface area contributed by atoms with E-state index >= 15 is 0 Å². The Labute approximate surface area is 126 Å². The number of hydrogen-bond donors (Lipinski definition) is 1. The molecule has 0 aliphatic heterocycles. The normalized spacial score (nSPS) is 23.6. The summed E-state index contributed by atoms with van der Waals surface area (Å²) >= 11 is 2.06. The molecule has 3 nitrogen and oxygen atoms in total. The van der Waals surface area contributed by atoms with Crippen LogP contribution in [0.25, 0.3) is 0 Å². The van der Waals surface area contributed by atoms with Crippen molar-refractivity contribution in [3.05, 3.63) is 23.3 Å². The van der Waals surface area contributed by atoms with Gasteiger partial charge in [-0.1, -0.05) is 19.3 Å². The lowest BCUT2D eigenvalue weighted by Gasteiger charge is -2.23. The number of thioether (sulfide) groups is 1. The van der Waals surface area contributed by atoms with Crippen molar-refractivity contribution in [1.82, 2.24) is 9.97 Å². The number of nitrogens with two attached hydrogens (primary N) is 1. The van der Waals surface area contributed by atoms with Crippen LogP contribution in [0.15, 0.2) is 6.20 Å². The summed E-state index contributed by atoms with van der Waals surface area (Å²) in [5.74, 6) is 2.65. The third-order valence-corrected chi connectivity index (χ3v) is 6.00. The van der Waals surface area contributed by atoms with E-state index in [1.165, 1.54) is 49.8 Å². The maximum atomic E-state index is 5.78. The SMILES string of the molecule is NCC1CCc2nc(CSC3CCCCC3)ncc2C1. The topological polar surface area (TPSA) is 51.8 Å². The molecule has 1 aromatic rings. The molecule has 0 aromatic carbocycles. The number of fused-ring (bicyclic) bond motifs is 1. The molecular weight excluding hydrogens is 266 g/mol. The maximum absolute atomic E-state index is 5.78. The summed E-state index contributed by atoms with van der Waals surface area (Å²) in [5.41, 5.74) is 8.39. The first kappa shape index (κ1) is 14.3. The molecule has 1 unspecified atom stereocenters. The molecule has 20 heavy (non-hydrogen) atoms. The zero-order valence-corrected chi connectivity index (χ0v) is 13.0. The van der Waals surface area contributed by atoms with Crippen LogP contribution >= 0.6 is 11.8 Å². The average molecular weight is 291 g/mol. The predicted octanol–water partition coefficient (Wildman–Crippen LogP) is 3.11. The Morgan fingerprint density at radius 3 is 2.85 bits per heavy atom. The molecular formula is C16H25N3S. The molecule has 3 rings (SSSR count). The highest BCUT2D eigenvalue weighted by Crippen LogP contribution is 2.30. The second kappa shape index (κ2) is 6.90. The molecule has 2 N–H and O–H groups in total. The highest BCUT2D eigenvalue weighted by atomic mass is 32.2. The molecule has 1 saturated carbocycles. The number of hydrogen-bond acceptors (Lipinski definition) is 4. The first-order chi connectivity index (χ1) is 9.85. The van der Waals surface area contributed by atoms with Gasteiger partial charge in [-0.2, -0.15) is 11.8 Å². The number of aromatic nitrogens is 2. The van der Waals surface area contributed by atoms with Crippen molar-refractivity contribution < 1.29 is 0 Å². The van der Waals surface area contributed by atoms with Gasteiger partial charge in [-0.3, -0.25) is 0 Å². The molecule has 2 aliphatic carbocycles. The van der Waals surface area contributed by atoms with E-state index in [4.69, 9.17) is 10.7 Å². The Balaban J connectivity index is 1.58. The Morgan fingerprint density at radius 2 is 2.05 bits per heavy atom. The summed E-state index contributed by atoms with van der Waals surface area (Å²) < 4.78 is 0. The van der Waals surface area contributed by atoms with E-state index in [1.54, 1.807) is 0 Å². The fourth-order valence-corrected chi connectivity index (χ4v) is 4.51. The Kier molecular flexibility index (Phi) is 4.94. The van der Waals surface area contributed by atoms with Crippen LogP contribution in [0.3, 0.4) is 0 Å². The van der Waals surface area contributed by atoms with Crippen molar-refractivity contribution in [2.45, 2.75) is 62.4 Å². The van der Waals surface area contributed by atoms with E-state index in [1.807, 2.05) is 0 Å². The third kappa shape index (κ3) is 3.53. The van der Waals surface area contributed by atoms with Gasteiger partial charge in [-0.15, -0.1) is 0 Å². The molecule has 0 amide bonds. The van der Waals surface area contributed by atoms with Crippen molar-refractivity contribution >= 4 is 11.8 Å². The molecule has 110 valence electrons. The van der Waals surface area contributed by atoms with Crippen molar-refractivity contribution in [3.63, 3.8) is 0 Å². The van der Waals surface area contributed by atoms with Crippen LogP contribution in [0, 0.1) is 5.92 Å². The van der Waals surface area contributed by atoms with E-state index < -0.39 is 0 Å². The van der Waals surface area contributed by atoms with Gasteiger partial charge in [0, 0.05) is 17.1 Å². The second-order valence-corrected chi connectivity index (χ2v) is 7.46. The van der Waals surface area contributed by atoms with Gasteiger partial charge >= 0.3 is 0 Å². The van der Waals surface area contributed by atoms with Crippen LogP contribution in [-0.4, -0.2) is 21.8 Å². The molecule has 1 fully saturated rings. The maximum Gasteiger partial charge on any atom is 0.138 e. The third-order valence-electron chi connectivity index (χ3n) is 4.64. The summed E-state index contributed by atoms with van der Waals surface area (Å²) in [6.45, 7) is 0.790. The van der Waals surface area contributed by atoms with Crippen LogP contribution in [0.1, 0.15) is 55.6 Å². The van der Waals surface area contributed by atoms with E-state index in [0.717, 1.165) is 36.2 Å². The molecule has 0 bridgehead atoms. The summed E-state index contributed by atoms with van der Waals surface area (Å²) in [5, 5.41) is 0.838. The summed E-state index contributed by atoms with van der Waals surface area (Å²) in [7, 11) is 0. The van der Waals surface area contributed by atoms with Gasteiger partial charge in [0.05, 0.1) is 5.75 Å². The number of rotatable bonds is 4. The van der Waals surface area contributed by atoms with Crippen LogP contribution in [-0.2, 0) is 18.6 Å². The van der Waals surface area contributed by atoms with E-state index in [9.17, 15) is 0 Å². The van der Waals surface area contributed by atoms with Crippen LogP contribution < -0.4 is 5.73 Å². The number of aryl methyl sites for hydroxylation is 1. The second-order valence-electron chi connectivity index (χ2n) is 6.17. The predicted molar refractivity (Wildman–Crippen MR) is 84.8 cm³/mol.